The molecule has 2 aromatic rings. The van der Waals surface area contributed by atoms with E-state index >= 15 is 0 Å². The number of methoxy groups -OCH3 is 1. The van der Waals surface area contributed by atoms with Crippen LogP contribution in [0.1, 0.15) is 38.1 Å². The van der Waals surface area contributed by atoms with Gasteiger partial charge in [0.05, 0.1) is 29.5 Å². The number of carbonyl (C=O) groups excluding carboxylic acids is 2. The summed E-state index contributed by atoms with van der Waals surface area (Å²) < 4.78 is 13.1. The summed E-state index contributed by atoms with van der Waals surface area (Å²) in [6, 6.07) is 5.33. The lowest BCUT2D eigenvalue weighted by atomic mass is 9.96. The maximum Gasteiger partial charge on any atom is 0.337 e. The molecule has 0 bridgehead atoms. The van der Waals surface area contributed by atoms with Crippen LogP contribution in [0.15, 0.2) is 23.2 Å². The zero-order valence-corrected chi connectivity index (χ0v) is 16.1. The van der Waals surface area contributed by atoms with Crippen molar-refractivity contribution >= 4 is 33.4 Å². The highest BCUT2D eigenvalue weighted by molar-refractivity contribution is 7.16. The van der Waals surface area contributed by atoms with Crippen molar-refractivity contribution in [2.24, 2.45) is 10.4 Å². The Kier molecular flexibility index (Phi) is 6.13. The molecule has 25 heavy (non-hydrogen) atoms. The third-order valence-corrected chi connectivity index (χ3v) is 4.65. The van der Waals surface area contributed by atoms with Crippen molar-refractivity contribution in [1.82, 2.24) is 4.57 Å². The molecule has 1 aromatic carbocycles. The van der Waals surface area contributed by atoms with E-state index in [1.165, 1.54) is 18.4 Å². The summed E-state index contributed by atoms with van der Waals surface area (Å²) in [7, 11) is 1.35. The van der Waals surface area contributed by atoms with Gasteiger partial charge in [-0.15, -0.1) is 0 Å². The maximum atomic E-state index is 12.3. The molecule has 0 aliphatic rings. The Morgan fingerprint density at radius 1 is 1.28 bits per heavy atom. The van der Waals surface area contributed by atoms with Gasteiger partial charge in [0.1, 0.15) is 0 Å². The molecule has 1 amide bonds. The Morgan fingerprint density at radius 3 is 2.60 bits per heavy atom. The normalized spacial score (nSPS) is 12.6. The van der Waals surface area contributed by atoms with E-state index in [1.54, 1.807) is 12.1 Å². The molecule has 0 saturated carbocycles. The van der Waals surface area contributed by atoms with Crippen LogP contribution in [0.3, 0.4) is 0 Å². The summed E-state index contributed by atoms with van der Waals surface area (Å²) in [4.78, 5) is 29.0. The highest BCUT2D eigenvalue weighted by atomic mass is 32.1. The molecule has 0 N–H and O–H groups in total. The number of aromatic nitrogens is 1. The van der Waals surface area contributed by atoms with Crippen LogP contribution < -0.4 is 4.80 Å². The molecule has 2 rings (SSSR count). The number of thiazole rings is 1. The molecule has 1 heterocycles. The van der Waals surface area contributed by atoms with Gasteiger partial charge < -0.3 is 14.0 Å². The summed E-state index contributed by atoms with van der Waals surface area (Å²) >= 11 is 1.38. The molecule has 0 aliphatic heterocycles. The molecule has 6 nitrogen and oxygen atoms in total. The summed E-state index contributed by atoms with van der Waals surface area (Å²) in [5.74, 6) is -0.571. The van der Waals surface area contributed by atoms with Gasteiger partial charge in [0.15, 0.2) is 4.80 Å². The van der Waals surface area contributed by atoms with E-state index in [-0.39, 0.29) is 11.9 Å². The van der Waals surface area contributed by atoms with Gasteiger partial charge in [-0.25, -0.2) is 4.79 Å². The number of hydrogen-bond acceptors (Lipinski definition) is 5. The van der Waals surface area contributed by atoms with Gasteiger partial charge in [-0.2, -0.15) is 4.99 Å². The van der Waals surface area contributed by atoms with E-state index in [0.717, 1.165) is 10.2 Å². The van der Waals surface area contributed by atoms with Crippen LogP contribution in [-0.2, 0) is 20.8 Å². The second kappa shape index (κ2) is 7.93. The molecule has 0 aliphatic carbocycles. The Bertz CT molecular complexity index is 843. The van der Waals surface area contributed by atoms with E-state index in [4.69, 9.17) is 9.47 Å². The Hall–Kier alpha value is -1.99. The van der Waals surface area contributed by atoms with E-state index in [2.05, 4.69) is 4.99 Å². The number of ether oxygens (including phenoxy) is 2. The van der Waals surface area contributed by atoms with Crippen LogP contribution in [-0.4, -0.2) is 36.8 Å². The Morgan fingerprint density at radius 2 is 2.00 bits per heavy atom. The van der Waals surface area contributed by atoms with E-state index in [0.29, 0.717) is 30.1 Å². The third kappa shape index (κ3) is 4.55. The fraction of sp³-hybridized carbons (Fsp3) is 0.500. The molecule has 0 atom stereocenters. The number of nitrogens with zero attached hydrogens (tertiary/aromatic N) is 2. The molecular formula is C18H24N2O4S. The van der Waals surface area contributed by atoms with E-state index in [1.807, 2.05) is 38.3 Å². The number of fused-ring (bicyclic) bond motifs is 1. The standard InChI is InChI=1S/C18H24N2O4S/c1-6-24-10-9-20-13-8-7-12(15(21)23-5)11-14(13)25-17(20)19-16(22)18(2,3)4/h7-8,11H,6,9-10H2,1-5H3. The number of esters is 1. The zero-order valence-electron chi connectivity index (χ0n) is 15.3. The Balaban J connectivity index is 2.57. The van der Waals surface area contributed by atoms with E-state index in [9.17, 15) is 9.59 Å². The lowest BCUT2D eigenvalue weighted by Crippen LogP contribution is -2.24. The molecule has 0 unspecified atom stereocenters. The van der Waals surface area contributed by atoms with Gasteiger partial charge in [-0.1, -0.05) is 32.1 Å². The first-order valence-corrected chi connectivity index (χ1v) is 8.98. The first-order chi connectivity index (χ1) is 11.8. The summed E-state index contributed by atoms with van der Waals surface area (Å²) in [5.41, 5.74) is 0.838. The minimum atomic E-state index is -0.550. The minimum Gasteiger partial charge on any atom is -0.465 e. The first kappa shape index (κ1) is 19.3. The van der Waals surface area contributed by atoms with Gasteiger partial charge >= 0.3 is 5.97 Å². The number of amides is 1. The van der Waals surface area contributed by atoms with Crippen molar-refractivity contribution in [3.8, 4) is 0 Å². The van der Waals surface area contributed by atoms with Crippen LogP contribution in [0.25, 0.3) is 10.2 Å². The van der Waals surface area contributed by atoms with Gasteiger partial charge in [0.2, 0.25) is 0 Å². The topological polar surface area (TPSA) is 69.9 Å². The number of rotatable bonds is 5. The fourth-order valence-corrected chi connectivity index (χ4v) is 3.27. The molecule has 0 fully saturated rings. The van der Waals surface area contributed by atoms with Crippen LogP contribution >= 0.6 is 11.3 Å². The number of benzene rings is 1. The fourth-order valence-electron chi connectivity index (χ4n) is 2.17. The monoisotopic (exact) mass is 364 g/mol. The molecule has 0 spiro atoms. The quantitative estimate of drug-likeness (QED) is 0.604. The average Bonchev–Trinajstić information content (AvgIpc) is 2.90. The number of hydrogen-bond donors (Lipinski definition) is 0. The van der Waals surface area contributed by atoms with Crippen molar-refractivity contribution in [1.29, 1.82) is 0 Å². The maximum absolute atomic E-state index is 12.3. The van der Waals surface area contributed by atoms with Crippen LogP contribution in [0, 0.1) is 5.41 Å². The smallest absolute Gasteiger partial charge is 0.337 e. The first-order valence-electron chi connectivity index (χ1n) is 8.16. The van der Waals surface area contributed by atoms with Crippen LogP contribution in [0.5, 0.6) is 0 Å². The minimum absolute atomic E-state index is 0.183. The van der Waals surface area contributed by atoms with Gasteiger partial charge in [-0.05, 0) is 25.1 Å². The largest absolute Gasteiger partial charge is 0.465 e. The lowest BCUT2D eigenvalue weighted by Gasteiger charge is -2.12. The molecule has 0 radical (unpaired) electrons. The third-order valence-electron chi connectivity index (χ3n) is 3.61. The summed E-state index contributed by atoms with van der Waals surface area (Å²) in [5, 5.41) is 0. The van der Waals surface area contributed by atoms with E-state index < -0.39 is 5.41 Å². The summed E-state index contributed by atoms with van der Waals surface area (Å²) in [6.45, 7) is 9.19. The highest BCUT2D eigenvalue weighted by Crippen LogP contribution is 2.21. The zero-order chi connectivity index (χ0) is 18.6. The lowest BCUT2D eigenvalue weighted by molar-refractivity contribution is -0.125. The van der Waals surface area contributed by atoms with Crippen LogP contribution in [0.2, 0.25) is 0 Å². The van der Waals surface area contributed by atoms with Crippen LogP contribution in [0.4, 0.5) is 0 Å². The molecule has 136 valence electrons. The SMILES string of the molecule is CCOCCn1c(=NC(=O)C(C)(C)C)sc2cc(C(=O)OC)ccc21. The van der Waals surface area contributed by atoms with Gasteiger partial charge in [0.25, 0.3) is 5.91 Å². The van der Waals surface area contributed by atoms with Crippen molar-refractivity contribution in [3.63, 3.8) is 0 Å². The van der Waals surface area contributed by atoms with Crippen molar-refractivity contribution < 1.29 is 19.1 Å². The molecule has 7 heteroatoms. The van der Waals surface area contributed by atoms with Gasteiger partial charge in [0, 0.05) is 18.6 Å². The second-order valence-electron chi connectivity index (χ2n) is 6.57. The summed E-state index contributed by atoms with van der Waals surface area (Å²) in [6.07, 6.45) is 0. The second-order valence-corrected chi connectivity index (χ2v) is 7.58. The molecule has 1 aromatic heterocycles. The molecule has 0 saturated heterocycles. The van der Waals surface area contributed by atoms with Crippen molar-refractivity contribution in [2.75, 3.05) is 20.3 Å². The van der Waals surface area contributed by atoms with Gasteiger partial charge in [-0.3, -0.25) is 4.79 Å². The highest BCUT2D eigenvalue weighted by Gasteiger charge is 2.21. The average molecular weight is 364 g/mol. The van der Waals surface area contributed by atoms with Crippen molar-refractivity contribution in [3.05, 3.63) is 28.6 Å². The predicted molar refractivity (Wildman–Crippen MR) is 97.7 cm³/mol. The Labute approximate surface area is 151 Å². The molecular weight excluding hydrogens is 340 g/mol. The van der Waals surface area contributed by atoms with Crippen molar-refractivity contribution in [2.45, 2.75) is 34.2 Å². The number of carbonyl (C=O) groups is 2. The predicted octanol–water partition coefficient (Wildman–Crippen LogP) is 3.00.